The van der Waals surface area contributed by atoms with Crippen LogP contribution in [0, 0.1) is 11.7 Å². The van der Waals surface area contributed by atoms with Gasteiger partial charge in [-0.1, -0.05) is 25.8 Å². The number of rotatable bonds is 6. The number of hydrogen-bond acceptors (Lipinski definition) is 2. The number of thioether (sulfide) groups is 1. The number of benzene rings is 1. The molecular weight excluding hydrogens is 245 g/mol. The smallest absolute Gasteiger partial charge is 0.128 e. The second-order valence-electron chi connectivity index (χ2n) is 4.96. The van der Waals surface area contributed by atoms with Gasteiger partial charge in [0.25, 0.3) is 0 Å². The van der Waals surface area contributed by atoms with Crippen LogP contribution in [0.15, 0.2) is 23.1 Å². The molecule has 18 heavy (non-hydrogen) atoms. The van der Waals surface area contributed by atoms with Gasteiger partial charge in [-0.3, -0.25) is 0 Å². The number of nitrogens with one attached hydrogen (secondary N) is 1. The van der Waals surface area contributed by atoms with Crippen molar-refractivity contribution in [2.24, 2.45) is 5.92 Å². The molecule has 100 valence electrons. The molecule has 1 N–H and O–H groups in total. The van der Waals surface area contributed by atoms with Gasteiger partial charge in [0, 0.05) is 22.8 Å². The maximum atomic E-state index is 13.8. The quantitative estimate of drug-likeness (QED) is 0.775. The molecule has 0 unspecified atom stereocenters. The largest absolute Gasteiger partial charge is 0.313 e. The van der Waals surface area contributed by atoms with Crippen molar-refractivity contribution in [3.8, 4) is 0 Å². The molecule has 0 spiro atoms. The molecule has 0 aliphatic heterocycles. The lowest BCUT2D eigenvalue weighted by Gasteiger charge is -2.13. The summed E-state index contributed by atoms with van der Waals surface area (Å²) in [4.78, 5) is 1.11. The highest BCUT2D eigenvalue weighted by atomic mass is 32.2. The van der Waals surface area contributed by atoms with Crippen molar-refractivity contribution in [3.05, 3.63) is 29.6 Å². The van der Waals surface area contributed by atoms with Crippen molar-refractivity contribution in [1.29, 1.82) is 0 Å². The Balaban J connectivity index is 1.98. The van der Waals surface area contributed by atoms with Gasteiger partial charge in [0.1, 0.15) is 5.82 Å². The van der Waals surface area contributed by atoms with E-state index in [1.54, 1.807) is 6.07 Å². The summed E-state index contributed by atoms with van der Waals surface area (Å²) in [6.45, 7) is 3.56. The van der Waals surface area contributed by atoms with E-state index in [9.17, 15) is 4.39 Å². The zero-order valence-electron chi connectivity index (χ0n) is 11.0. The molecule has 0 aromatic heterocycles. The first-order valence-corrected chi connectivity index (χ1v) is 7.90. The van der Waals surface area contributed by atoms with Crippen LogP contribution < -0.4 is 5.32 Å². The van der Waals surface area contributed by atoms with Crippen LogP contribution in [-0.2, 0) is 6.54 Å². The van der Waals surface area contributed by atoms with Gasteiger partial charge in [-0.25, -0.2) is 4.39 Å². The van der Waals surface area contributed by atoms with E-state index in [1.807, 2.05) is 24.8 Å². The minimum absolute atomic E-state index is 0.0765. The molecule has 0 bridgehead atoms. The first-order chi connectivity index (χ1) is 8.81. The highest BCUT2D eigenvalue weighted by molar-refractivity contribution is 7.99. The normalized spacial score (nSPS) is 16.3. The lowest BCUT2D eigenvalue weighted by atomic mass is 10.1. The van der Waals surface area contributed by atoms with Gasteiger partial charge in [-0.05, 0) is 37.4 Å². The third-order valence-corrected chi connectivity index (χ3v) is 4.91. The van der Waals surface area contributed by atoms with E-state index in [-0.39, 0.29) is 5.82 Å². The molecule has 2 rings (SSSR count). The van der Waals surface area contributed by atoms with Crippen molar-refractivity contribution in [2.45, 2.75) is 44.0 Å². The second kappa shape index (κ2) is 7.15. The highest BCUT2D eigenvalue weighted by Crippen LogP contribution is 2.32. The Bertz CT molecular complexity index is 375. The molecule has 1 nitrogen and oxygen atoms in total. The van der Waals surface area contributed by atoms with Crippen LogP contribution in [0.1, 0.15) is 38.2 Å². The lowest BCUT2D eigenvalue weighted by molar-refractivity contribution is 0.585. The zero-order chi connectivity index (χ0) is 12.8. The van der Waals surface area contributed by atoms with Gasteiger partial charge < -0.3 is 5.32 Å². The molecule has 0 radical (unpaired) electrons. The molecule has 1 aromatic carbocycles. The van der Waals surface area contributed by atoms with Crippen molar-refractivity contribution in [3.63, 3.8) is 0 Å². The summed E-state index contributed by atoms with van der Waals surface area (Å²) >= 11 is 1.83. The summed E-state index contributed by atoms with van der Waals surface area (Å²) in [5.41, 5.74) is 0.836. The van der Waals surface area contributed by atoms with Gasteiger partial charge >= 0.3 is 0 Å². The first kappa shape index (κ1) is 13.9. The maximum absolute atomic E-state index is 13.8. The van der Waals surface area contributed by atoms with Gasteiger partial charge in [-0.2, -0.15) is 0 Å². The van der Waals surface area contributed by atoms with E-state index >= 15 is 0 Å². The van der Waals surface area contributed by atoms with Crippen LogP contribution in [0.25, 0.3) is 0 Å². The molecule has 3 heteroatoms. The van der Waals surface area contributed by atoms with Gasteiger partial charge in [0.05, 0.1) is 0 Å². The Hall–Kier alpha value is -0.540. The van der Waals surface area contributed by atoms with Gasteiger partial charge in [0.15, 0.2) is 0 Å². The van der Waals surface area contributed by atoms with Crippen molar-refractivity contribution < 1.29 is 4.39 Å². The molecule has 1 fully saturated rings. The Morgan fingerprint density at radius 1 is 1.33 bits per heavy atom. The van der Waals surface area contributed by atoms with Gasteiger partial charge in [-0.15, -0.1) is 11.8 Å². The molecule has 0 amide bonds. The minimum Gasteiger partial charge on any atom is -0.313 e. The third kappa shape index (κ3) is 3.72. The van der Waals surface area contributed by atoms with Crippen LogP contribution in [0.5, 0.6) is 0 Å². The number of halogens is 1. The average molecular weight is 267 g/mol. The van der Waals surface area contributed by atoms with E-state index in [1.165, 1.54) is 25.7 Å². The fraction of sp³-hybridized carbons (Fsp3) is 0.600. The standard InChI is InChI=1S/C15H22FNS/c1-2-17-10-13-14(16)8-5-9-15(13)18-11-12-6-3-4-7-12/h5,8-9,12,17H,2-4,6-7,10-11H2,1H3. The number of hydrogen-bond donors (Lipinski definition) is 1. The molecule has 0 saturated heterocycles. The average Bonchev–Trinajstić information content (AvgIpc) is 2.88. The summed E-state index contributed by atoms with van der Waals surface area (Å²) < 4.78 is 13.8. The predicted molar refractivity (Wildman–Crippen MR) is 76.5 cm³/mol. The van der Waals surface area contributed by atoms with Crippen LogP contribution in [-0.4, -0.2) is 12.3 Å². The van der Waals surface area contributed by atoms with Crippen LogP contribution in [0.4, 0.5) is 4.39 Å². The van der Waals surface area contributed by atoms with Crippen LogP contribution in [0.3, 0.4) is 0 Å². The zero-order valence-corrected chi connectivity index (χ0v) is 11.9. The topological polar surface area (TPSA) is 12.0 Å². The minimum atomic E-state index is -0.0765. The Kier molecular flexibility index (Phi) is 5.51. The fourth-order valence-corrected chi connectivity index (χ4v) is 3.75. The molecule has 0 heterocycles. The van der Waals surface area contributed by atoms with Crippen molar-refractivity contribution in [2.75, 3.05) is 12.3 Å². The second-order valence-corrected chi connectivity index (χ2v) is 6.02. The van der Waals surface area contributed by atoms with E-state index in [0.717, 1.165) is 28.7 Å². The Morgan fingerprint density at radius 3 is 2.83 bits per heavy atom. The van der Waals surface area contributed by atoms with Crippen molar-refractivity contribution in [1.82, 2.24) is 5.32 Å². The summed E-state index contributed by atoms with van der Waals surface area (Å²) in [5, 5.41) is 3.22. The van der Waals surface area contributed by atoms with E-state index in [2.05, 4.69) is 11.4 Å². The van der Waals surface area contributed by atoms with Gasteiger partial charge in [0.2, 0.25) is 0 Å². The van der Waals surface area contributed by atoms with E-state index < -0.39 is 0 Å². The predicted octanol–water partition coefficient (Wildman–Crippen LogP) is 4.22. The molecule has 0 atom stereocenters. The summed E-state index contributed by atoms with van der Waals surface area (Å²) in [7, 11) is 0. The highest BCUT2D eigenvalue weighted by Gasteiger charge is 2.16. The fourth-order valence-electron chi connectivity index (χ4n) is 2.48. The lowest BCUT2D eigenvalue weighted by Crippen LogP contribution is -2.14. The molecular formula is C15H22FNS. The van der Waals surface area contributed by atoms with E-state index in [0.29, 0.717) is 6.54 Å². The monoisotopic (exact) mass is 267 g/mol. The summed E-state index contributed by atoms with van der Waals surface area (Å²) in [6, 6.07) is 5.43. The first-order valence-electron chi connectivity index (χ1n) is 6.92. The summed E-state index contributed by atoms with van der Waals surface area (Å²) in [6.07, 6.45) is 5.45. The molecule has 1 saturated carbocycles. The maximum Gasteiger partial charge on any atom is 0.128 e. The van der Waals surface area contributed by atoms with Crippen LogP contribution >= 0.6 is 11.8 Å². The third-order valence-electron chi connectivity index (χ3n) is 3.58. The van der Waals surface area contributed by atoms with Crippen LogP contribution in [0.2, 0.25) is 0 Å². The van der Waals surface area contributed by atoms with Crippen molar-refractivity contribution >= 4 is 11.8 Å². The Morgan fingerprint density at radius 2 is 2.11 bits per heavy atom. The molecule has 1 aliphatic carbocycles. The molecule has 1 aromatic rings. The summed E-state index contributed by atoms with van der Waals surface area (Å²) in [5.74, 6) is 1.90. The SMILES string of the molecule is CCNCc1c(F)cccc1SCC1CCCC1. The van der Waals surface area contributed by atoms with E-state index in [4.69, 9.17) is 0 Å². The Labute approximate surface area is 114 Å². The molecule has 1 aliphatic rings.